The molecule has 1 amide bonds. The lowest BCUT2D eigenvalue weighted by atomic mass is 10.0. The van der Waals surface area contributed by atoms with Crippen LogP contribution in [0.2, 0.25) is 0 Å². The minimum atomic E-state index is -0.0934. The van der Waals surface area contributed by atoms with Gasteiger partial charge in [0.1, 0.15) is 0 Å². The predicted octanol–water partition coefficient (Wildman–Crippen LogP) is 2.70. The van der Waals surface area contributed by atoms with Crippen LogP contribution in [0.5, 0.6) is 0 Å². The number of carbonyl (C=O) groups excluding carboxylic acids is 1. The minimum absolute atomic E-state index is 0.0934. The lowest BCUT2D eigenvalue weighted by molar-refractivity contribution is 0.0954. The molecule has 2 aromatic heterocycles. The van der Waals surface area contributed by atoms with Crippen molar-refractivity contribution in [2.75, 3.05) is 13.2 Å². The first-order chi connectivity index (χ1) is 11.8. The zero-order chi connectivity index (χ0) is 16.5. The standard InChI is InChI=1S/C18H18N4O2/c23-9-2-1-8-19-18(24)13-4-3-5-14-15(13)12-7-6-11-10-20-22-16(11)17(12)21-14/h3-7,10,21,23H,1-2,8-9H2,(H,19,24)(H,20,22). The molecule has 0 radical (unpaired) electrons. The van der Waals surface area contributed by atoms with E-state index >= 15 is 0 Å². The Bertz CT molecular complexity index is 1030. The molecule has 0 bridgehead atoms. The van der Waals surface area contributed by atoms with Crippen LogP contribution in [-0.4, -0.2) is 39.3 Å². The highest BCUT2D eigenvalue weighted by Gasteiger charge is 2.15. The van der Waals surface area contributed by atoms with Gasteiger partial charge in [0.2, 0.25) is 0 Å². The third-order valence-electron chi connectivity index (χ3n) is 4.33. The molecule has 4 N–H and O–H groups in total. The van der Waals surface area contributed by atoms with Gasteiger partial charge in [0.25, 0.3) is 5.91 Å². The Balaban J connectivity index is 1.81. The molecule has 4 rings (SSSR count). The van der Waals surface area contributed by atoms with Crippen LogP contribution in [0.25, 0.3) is 32.7 Å². The van der Waals surface area contributed by atoms with Crippen molar-refractivity contribution in [1.29, 1.82) is 0 Å². The molecule has 2 heterocycles. The molecular weight excluding hydrogens is 304 g/mol. The molecule has 0 saturated carbocycles. The largest absolute Gasteiger partial charge is 0.396 e. The number of nitrogens with one attached hydrogen (secondary N) is 3. The van der Waals surface area contributed by atoms with Crippen LogP contribution in [0.15, 0.2) is 36.5 Å². The third kappa shape index (κ3) is 2.32. The number of aromatic nitrogens is 3. The molecule has 2 aromatic carbocycles. The summed E-state index contributed by atoms with van der Waals surface area (Å²) in [6.07, 6.45) is 3.24. The van der Waals surface area contributed by atoms with Crippen LogP contribution in [0, 0.1) is 0 Å². The summed E-state index contributed by atoms with van der Waals surface area (Å²) in [5.41, 5.74) is 3.48. The second kappa shape index (κ2) is 5.98. The molecule has 6 heteroatoms. The highest BCUT2D eigenvalue weighted by atomic mass is 16.2. The van der Waals surface area contributed by atoms with Crippen molar-refractivity contribution < 1.29 is 9.90 Å². The second-order valence-electron chi connectivity index (χ2n) is 5.86. The maximum atomic E-state index is 12.6. The van der Waals surface area contributed by atoms with Gasteiger partial charge in [-0.3, -0.25) is 9.89 Å². The number of H-pyrrole nitrogens is 2. The van der Waals surface area contributed by atoms with Gasteiger partial charge in [-0.2, -0.15) is 5.10 Å². The maximum absolute atomic E-state index is 12.6. The second-order valence-corrected chi connectivity index (χ2v) is 5.86. The van der Waals surface area contributed by atoms with Gasteiger partial charge >= 0.3 is 0 Å². The van der Waals surface area contributed by atoms with Crippen LogP contribution in [0.3, 0.4) is 0 Å². The maximum Gasteiger partial charge on any atom is 0.251 e. The summed E-state index contributed by atoms with van der Waals surface area (Å²) < 4.78 is 0. The number of hydrogen-bond donors (Lipinski definition) is 4. The molecule has 0 aliphatic carbocycles. The van der Waals surface area contributed by atoms with Gasteiger partial charge in [0.15, 0.2) is 0 Å². The Morgan fingerprint density at radius 1 is 1.17 bits per heavy atom. The van der Waals surface area contributed by atoms with Gasteiger partial charge in [0, 0.05) is 40.4 Å². The number of aliphatic hydroxyl groups is 1. The molecule has 0 spiro atoms. The Hall–Kier alpha value is -2.86. The molecule has 122 valence electrons. The number of hydrogen-bond acceptors (Lipinski definition) is 3. The van der Waals surface area contributed by atoms with Gasteiger partial charge < -0.3 is 15.4 Å². The topological polar surface area (TPSA) is 93.8 Å². The van der Waals surface area contributed by atoms with Crippen molar-refractivity contribution in [2.45, 2.75) is 12.8 Å². The molecule has 4 aromatic rings. The molecule has 24 heavy (non-hydrogen) atoms. The molecule has 0 aliphatic rings. The zero-order valence-corrected chi connectivity index (χ0v) is 13.1. The number of aromatic amines is 2. The molecule has 0 unspecified atom stereocenters. The SMILES string of the molecule is O=C(NCCCCO)c1cccc2[nH]c3c(ccc4cn[nH]c43)c12. The number of amides is 1. The number of nitrogens with zero attached hydrogens (tertiary/aromatic N) is 1. The molecule has 0 fully saturated rings. The molecular formula is C18H18N4O2. The van der Waals surface area contributed by atoms with Crippen LogP contribution >= 0.6 is 0 Å². The summed E-state index contributed by atoms with van der Waals surface area (Å²) in [7, 11) is 0. The fourth-order valence-corrected chi connectivity index (χ4v) is 3.16. The summed E-state index contributed by atoms with van der Waals surface area (Å²) in [5.74, 6) is -0.0934. The van der Waals surface area contributed by atoms with Crippen molar-refractivity contribution in [3.8, 4) is 0 Å². The molecule has 0 atom stereocenters. The number of carbonyl (C=O) groups is 1. The van der Waals surface area contributed by atoms with Gasteiger partial charge in [-0.25, -0.2) is 0 Å². The first kappa shape index (κ1) is 14.7. The van der Waals surface area contributed by atoms with Gasteiger partial charge in [0.05, 0.1) is 17.2 Å². The van der Waals surface area contributed by atoms with E-state index in [4.69, 9.17) is 5.11 Å². The third-order valence-corrected chi connectivity index (χ3v) is 4.33. The summed E-state index contributed by atoms with van der Waals surface area (Å²) >= 11 is 0. The van der Waals surface area contributed by atoms with Crippen molar-refractivity contribution >= 4 is 38.6 Å². The summed E-state index contributed by atoms with van der Waals surface area (Å²) in [6.45, 7) is 0.705. The van der Waals surface area contributed by atoms with Crippen LogP contribution in [0.4, 0.5) is 0 Å². The lowest BCUT2D eigenvalue weighted by Crippen LogP contribution is -2.24. The quantitative estimate of drug-likeness (QED) is 0.426. The number of rotatable bonds is 5. The van der Waals surface area contributed by atoms with E-state index in [1.165, 1.54) is 0 Å². The monoisotopic (exact) mass is 322 g/mol. The zero-order valence-electron chi connectivity index (χ0n) is 13.1. The summed E-state index contributed by atoms with van der Waals surface area (Å²) in [4.78, 5) is 16.0. The van der Waals surface area contributed by atoms with E-state index in [0.717, 1.165) is 39.1 Å². The average Bonchev–Trinajstić information content (AvgIpc) is 3.21. The van der Waals surface area contributed by atoms with Gasteiger partial charge in [-0.1, -0.05) is 18.2 Å². The average molecular weight is 322 g/mol. The van der Waals surface area contributed by atoms with Crippen molar-refractivity contribution in [3.05, 3.63) is 42.1 Å². The van der Waals surface area contributed by atoms with Crippen LogP contribution in [-0.2, 0) is 0 Å². The Morgan fingerprint density at radius 3 is 2.96 bits per heavy atom. The van der Waals surface area contributed by atoms with E-state index in [1.54, 1.807) is 6.20 Å². The minimum Gasteiger partial charge on any atom is -0.396 e. The van der Waals surface area contributed by atoms with E-state index in [2.05, 4.69) is 20.5 Å². The fourth-order valence-electron chi connectivity index (χ4n) is 3.16. The number of aliphatic hydroxyl groups excluding tert-OH is 1. The van der Waals surface area contributed by atoms with Crippen molar-refractivity contribution in [1.82, 2.24) is 20.5 Å². The van der Waals surface area contributed by atoms with E-state index in [-0.39, 0.29) is 12.5 Å². The first-order valence-corrected chi connectivity index (χ1v) is 8.05. The first-order valence-electron chi connectivity index (χ1n) is 8.05. The van der Waals surface area contributed by atoms with Crippen LogP contribution < -0.4 is 5.32 Å². The van der Waals surface area contributed by atoms with Gasteiger partial charge in [-0.05, 0) is 25.0 Å². The summed E-state index contributed by atoms with van der Waals surface area (Å²) in [6, 6.07) is 9.72. The van der Waals surface area contributed by atoms with E-state index < -0.39 is 0 Å². The number of unbranched alkanes of at least 4 members (excludes halogenated alkanes) is 1. The van der Waals surface area contributed by atoms with Gasteiger partial charge in [-0.15, -0.1) is 0 Å². The highest BCUT2D eigenvalue weighted by molar-refractivity contribution is 6.21. The number of benzene rings is 2. The highest BCUT2D eigenvalue weighted by Crippen LogP contribution is 2.32. The van der Waals surface area contributed by atoms with Crippen molar-refractivity contribution in [3.63, 3.8) is 0 Å². The summed E-state index contributed by atoms with van der Waals surface area (Å²) in [5, 5.41) is 21.8. The molecule has 0 aliphatic heterocycles. The Labute approximate surface area is 137 Å². The van der Waals surface area contributed by atoms with E-state index in [0.29, 0.717) is 18.5 Å². The Kier molecular flexibility index (Phi) is 3.66. The van der Waals surface area contributed by atoms with Crippen molar-refractivity contribution in [2.24, 2.45) is 0 Å². The molecule has 6 nitrogen and oxygen atoms in total. The Morgan fingerprint density at radius 2 is 2.08 bits per heavy atom. The lowest BCUT2D eigenvalue weighted by Gasteiger charge is -2.06. The van der Waals surface area contributed by atoms with Crippen LogP contribution in [0.1, 0.15) is 23.2 Å². The van der Waals surface area contributed by atoms with E-state index in [1.807, 2.05) is 30.3 Å². The normalized spacial score (nSPS) is 11.5. The predicted molar refractivity (Wildman–Crippen MR) is 94.1 cm³/mol. The number of fused-ring (bicyclic) bond motifs is 5. The smallest absolute Gasteiger partial charge is 0.251 e. The fraction of sp³-hybridized carbons (Fsp3) is 0.222. The van der Waals surface area contributed by atoms with E-state index in [9.17, 15) is 4.79 Å². The molecule has 0 saturated heterocycles.